The Balaban J connectivity index is 2.11. The second kappa shape index (κ2) is 5.94. The maximum absolute atomic E-state index is 12.8. The standard InChI is InChI=1S/C17H14BrNO3S/c1-11-7-9-13(10-8-11)23(20,21)17-12(2)22-16(19-17)14-5-3-4-6-15(14)18/h3-10H,1-2H3. The van der Waals surface area contributed by atoms with Crippen molar-refractivity contribution >= 4 is 25.8 Å². The molecule has 0 fully saturated rings. The first kappa shape index (κ1) is 16.0. The van der Waals surface area contributed by atoms with Gasteiger partial charge in [0.2, 0.25) is 20.8 Å². The van der Waals surface area contributed by atoms with E-state index in [9.17, 15) is 8.42 Å². The van der Waals surface area contributed by atoms with E-state index in [1.165, 1.54) is 0 Å². The van der Waals surface area contributed by atoms with Crippen molar-refractivity contribution in [2.24, 2.45) is 0 Å². The van der Waals surface area contributed by atoms with Crippen LogP contribution in [0.25, 0.3) is 11.5 Å². The Labute approximate surface area is 143 Å². The Morgan fingerprint density at radius 2 is 1.65 bits per heavy atom. The lowest BCUT2D eigenvalue weighted by Crippen LogP contribution is -2.04. The van der Waals surface area contributed by atoms with Gasteiger partial charge < -0.3 is 4.42 Å². The Kier molecular flexibility index (Phi) is 4.12. The number of aromatic nitrogens is 1. The van der Waals surface area contributed by atoms with Gasteiger partial charge in [-0.2, -0.15) is 4.98 Å². The SMILES string of the molecule is Cc1ccc(S(=O)(=O)c2nc(-c3ccccc3Br)oc2C)cc1. The van der Waals surface area contributed by atoms with E-state index in [0.29, 0.717) is 5.56 Å². The van der Waals surface area contributed by atoms with E-state index in [2.05, 4.69) is 20.9 Å². The summed E-state index contributed by atoms with van der Waals surface area (Å²) in [4.78, 5) is 4.43. The molecule has 23 heavy (non-hydrogen) atoms. The van der Waals surface area contributed by atoms with Gasteiger partial charge in [0.15, 0.2) is 0 Å². The van der Waals surface area contributed by atoms with Crippen LogP contribution in [0.15, 0.2) is 67.3 Å². The number of hydrogen-bond donors (Lipinski definition) is 0. The summed E-state index contributed by atoms with van der Waals surface area (Å²) in [6.07, 6.45) is 0. The van der Waals surface area contributed by atoms with E-state index < -0.39 is 9.84 Å². The molecular weight excluding hydrogens is 378 g/mol. The first-order chi connectivity index (χ1) is 10.9. The van der Waals surface area contributed by atoms with Crippen molar-refractivity contribution < 1.29 is 12.8 Å². The summed E-state index contributed by atoms with van der Waals surface area (Å²) in [5.74, 6) is 0.553. The van der Waals surface area contributed by atoms with Crippen molar-refractivity contribution in [3.63, 3.8) is 0 Å². The third-order valence-electron chi connectivity index (χ3n) is 3.44. The molecule has 0 spiro atoms. The topological polar surface area (TPSA) is 60.2 Å². The maximum atomic E-state index is 12.8. The van der Waals surface area contributed by atoms with Gasteiger partial charge >= 0.3 is 0 Å². The summed E-state index contributed by atoms with van der Waals surface area (Å²) in [6, 6.07) is 14.1. The van der Waals surface area contributed by atoms with Crippen LogP contribution in [0, 0.1) is 13.8 Å². The zero-order valence-corrected chi connectivity index (χ0v) is 15.0. The number of hydrogen-bond acceptors (Lipinski definition) is 4. The first-order valence-corrected chi connectivity index (χ1v) is 9.21. The largest absolute Gasteiger partial charge is 0.440 e. The molecule has 3 aromatic rings. The molecule has 0 saturated carbocycles. The van der Waals surface area contributed by atoms with E-state index in [1.807, 2.05) is 31.2 Å². The lowest BCUT2D eigenvalue weighted by Gasteiger charge is -2.02. The van der Waals surface area contributed by atoms with Crippen LogP contribution in [0.4, 0.5) is 0 Å². The maximum Gasteiger partial charge on any atom is 0.228 e. The second-order valence-corrected chi connectivity index (χ2v) is 7.90. The fourth-order valence-corrected chi connectivity index (χ4v) is 4.01. The van der Waals surface area contributed by atoms with Crippen LogP contribution in [0.3, 0.4) is 0 Å². The molecule has 0 aliphatic heterocycles. The number of benzene rings is 2. The number of sulfone groups is 1. The van der Waals surface area contributed by atoms with Crippen LogP contribution in [0.5, 0.6) is 0 Å². The third-order valence-corrected chi connectivity index (χ3v) is 5.92. The van der Waals surface area contributed by atoms with Crippen LogP contribution in [-0.2, 0) is 9.84 Å². The molecule has 2 aromatic carbocycles. The van der Waals surface area contributed by atoms with Gasteiger partial charge in [0.05, 0.1) is 10.5 Å². The average molecular weight is 392 g/mol. The van der Waals surface area contributed by atoms with E-state index in [1.54, 1.807) is 31.2 Å². The molecule has 0 amide bonds. The molecule has 3 rings (SSSR count). The van der Waals surface area contributed by atoms with Crippen LogP contribution in [0.1, 0.15) is 11.3 Å². The lowest BCUT2D eigenvalue weighted by atomic mass is 10.2. The van der Waals surface area contributed by atoms with Gasteiger partial charge in [0, 0.05) is 4.47 Å². The molecule has 0 aliphatic carbocycles. The minimum Gasteiger partial charge on any atom is -0.440 e. The normalized spacial score (nSPS) is 11.6. The minimum absolute atomic E-state index is 0.0490. The lowest BCUT2D eigenvalue weighted by molar-refractivity contribution is 0.533. The molecule has 0 bridgehead atoms. The van der Waals surface area contributed by atoms with Gasteiger partial charge in [-0.3, -0.25) is 0 Å². The van der Waals surface area contributed by atoms with Crippen LogP contribution >= 0.6 is 15.9 Å². The highest BCUT2D eigenvalue weighted by Crippen LogP contribution is 2.32. The monoisotopic (exact) mass is 391 g/mol. The Morgan fingerprint density at radius 3 is 2.30 bits per heavy atom. The highest BCUT2D eigenvalue weighted by Gasteiger charge is 2.26. The Hall–Kier alpha value is -1.92. The van der Waals surface area contributed by atoms with Gasteiger partial charge in [-0.05, 0) is 54.0 Å². The summed E-state index contributed by atoms with van der Waals surface area (Å²) in [7, 11) is -3.71. The highest BCUT2D eigenvalue weighted by atomic mass is 79.9. The summed E-state index contributed by atoms with van der Waals surface area (Å²) in [5.41, 5.74) is 1.70. The molecule has 4 nitrogen and oxygen atoms in total. The third kappa shape index (κ3) is 2.96. The first-order valence-electron chi connectivity index (χ1n) is 6.93. The van der Waals surface area contributed by atoms with Gasteiger partial charge in [-0.1, -0.05) is 29.8 Å². The van der Waals surface area contributed by atoms with E-state index in [0.717, 1.165) is 10.0 Å². The number of oxazole rings is 1. The van der Waals surface area contributed by atoms with Gasteiger partial charge in [-0.25, -0.2) is 8.42 Å². The van der Waals surface area contributed by atoms with Crippen molar-refractivity contribution in [1.82, 2.24) is 4.98 Å². The second-order valence-electron chi connectivity index (χ2n) is 5.18. The smallest absolute Gasteiger partial charge is 0.228 e. The number of nitrogens with zero attached hydrogens (tertiary/aromatic N) is 1. The quantitative estimate of drug-likeness (QED) is 0.656. The molecule has 6 heteroatoms. The van der Waals surface area contributed by atoms with Gasteiger partial charge in [0.1, 0.15) is 5.76 Å². The molecule has 0 saturated heterocycles. The predicted molar refractivity (Wildman–Crippen MR) is 91.0 cm³/mol. The molecule has 1 heterocycles. The molecule has 0 atom stereocenters. The van der Waals surface area contributed by atoms with Crippen molar-refractivity contribution in [2.75, 3.05) is 0 Å². The van der Waals surface area contributed by atoms with E-state index in [-0.39, 0.29) is 21.6 Å². The summed E-state index contributed by atoms with van der Waals surface area (Å²) < 4.78 is 31.9. The van der Waals surface area contributed by atoms with Crippen molar-refractivity contribution in [2.45, 2.75) is 23.8 Å². The summed E-state index contributed by atoms with van der Waals surface area (Å²) >= 11 is 3.42. The summed E-state index contributed by atoms with van der Waals surface area (Å²) in [5, 5.41) is -0.0490. The number of rotatable bonds is 3. The van der Waals surface area contributed by atoms with Crippen LogP contribution in [0.2, 0.25) is 0 Å². The molecular formula is C17H14BrNO3S. The van der Waals surface area contributed by atoms with Crippen LogP contribution < -0.4 is 0 Å². The van der Waals surface area contributed by atoms with Gasteiger partial charge in [-0.15, -0.1) is 0 Å². The zero-order valence-electron chi connectivity index (χ0n) is 12.6. The molecule has 1 aromatic heterocycles. The van der Waals surface area contributed by atoms with Crippen LogP contribution in [-0.4, -0.2) is 13.4 Å². The number of aryl methyl sites for hydroxylation is 2. The molecule has 118 valence electrons. The van der Waals surface area contributed by atoms with E-state index in [4.69, 9.17) is 4.42 Å². The highest BCUT2D eigenvalue weighted by molar-refractivity contribution is 9.10. The summed E-state index contributed by atoms with van der Waals surface area (Å²) in [6.45, 7) is 3.51. The van der Waals surface area contributed by atoms with Crippen molar-refractivity contribution in [3.8, 4) is 11.5 Å². The fraction of sp³-hybridized carbons (Fsp3) is 0.118. The van der Waals surface area contributed by atoms with Crippen molar-refractivity contribution in [3.05, 3.63) is 64.3 Å². The minimum atomic E-state index is -3.71. The zero-order chi connectivity index (χ0) is 16.6. The van der Waals surface area contributed by atoms with Gasteiger partial charge in [0.25, 0.3) is 0 Å². The van der Waals surface area contributed by atoms with Crippen molar-refractivity contribution in [1.29, 1.82) is 0 Å². The average Bonchev–Trinajstić information content (AvgIpc) is 2.90. The van der Waals surface area contributed by atoms with E-state index >= 15 is 0 Å². The molecule has 0 unspecified atom stereocenters. The molecule has 0 radical (unpaired) electrons. The predicted octanol–water partition coefficient (Wildman–Crippen LogP) is 4.55. The Morgan fingerprint density at radius 1 is 1.00 bits per heavy atom. The Bertz CT molecular complexity index is 960. The fourth-order valence-electron chi connectivity index (χ4n) is 2.21. The number of halogens is 1. The molecule has 0 aliphatic rings. The molecule has 0 N–H and O–H groups in total.